The highest BCUT2D eigenvalue weighted by molar-refractivity contribution is 5.87. The number of methoxy groups -OCH3 is 1. The zero-order valence-electron chi connectivity index (χ0n) is 15.1. The lowest BCUT2D eigenvalue weighted by atomic mass is 9.87. The number of carbonyl (C=O) groups excluding carboxylic acids is 1. The van der Waals surface area contributed by atoms with Gasteiger partial charge in [-0.2, -0.15) is 13.2 Å². The zero-order valence-corrected chi connectivity index (χ0v) is 15.1. The molecule has 2 aromatic rings. The van der Waals surface area contributed by atoms with Crippen LogP contribution in [-0.2, 0) is 11.0 Å². The molecule has 0 aliphatic heterocycles. The Balaban J connectivity index is 2.46. The Morgan fingerprint density at radius 1 is 0.962 bits per heavy atom. The Morgan fingerprint density at radius 3 is 2.00 bits per heavy atom. The van der Waals surface area contributed by atoms with E-state index in [2.05, 4.69) is 0 Å². The van der Waals surface area contributed by atoms with Gasteiger partial charge in [0.25, 0.3) is 0 Å². The van der Waals surface area contributed by atoms with E-state index in [0.29, 0.717) is 22.6 Å². The number of ketones is 1. The molecule has 140 valence electrons. The first-order valence-corrected chi connectivity index (χ1v) is 8.15. The average Bonchev–Trinajstić information content (AvgIpc) is 2.54. The van der Waals surface area contributed by atoms with E-state index < -0.39 is 17.7 Å². The van der Waals surface area contributed by atoms with Crippen LogP contribution in [0.5, 0.6) is 11.5 Å². The molecule has 2 aromatic carbocycles. The average molecular weight is 366 g/mol. The highest BCUT2D eigenvalue weighted by atomic mass is 19.4. The molecule has 0 fully saturated rings. The Labute approximate surface area is 150 Å². The SMILES string of the molecule is COc1ccc(C(C(C)=O)c2ccc(C(F)(F)F)cc2)cc1OC(C)C. The highest BCUT2D eigenvalue weighted by Crippen LogP contribution is 2.36. The summed E-state index contributed by atoms with van der Waals surface area (Å²) >= 11 is 0. The van der Waals surface area contributed by atoms with Crippen molar-refractivity contribution in [1.29, 1.82) is 0 Å². The second-order valence-electron chi connectivity index (χ2n) is 6.24. The van der Waals surface area contributed by atoms with Crippen LogP contribution in [0.1, 0.15) is 43.4 Å². The van der Waals surface area contributed by atoms with E-state index in [1.54, 1.807) is 18.2 Å². The second-order valence-corrected chi connectivity index (χ2v) is 6.24. The second kappa shape index (κ2) is 7.81. The van der Waals surface area contributed by atoms with E-state index in [-0.39, 0.29) is 11.9 Å². The maximum atomic E-state index is 12.8. The van der Waals surface area contributed by atoms with Crippen LogP contribution in [0.4, 0.5) is 13.2 Å². The summed E-state index contributed by atoms with van der Waals surface area (Å²) in [7, 11) is 1.51. The Morgan fingerprint density at radius 2 is 1.54 bits per heavy atom. The molecule has 0 saturated heterocycles. The molecule has 2 rings (SSSR count). The number of alkyl halides is 3. The molecule has 0 amide bonds. The van der Waals surface area contributed by atoms with Gasteiger partial charge in [0.2, 0.25) is 0 Å². The van der Waals surface area contributed by atoms with E-state index in [1.165, 1.54) is 26.2 Å². The summed E-state index contributed by atoms with van der Waals surface area (Å²) in [5, 5.41) is 0. The zero-order chi connectivity index (χ0) is 19.5. The van der Waals surface area contributed by atoms with Crippen molar-refractivity contribution in [2.75, 3.05) is 7.11 Å². The third kappa shape index (κ3) is 4.56. The molecule has 0 spiro atoms. The van der Waals surface area contributed by atoms with Crippen LogP contribution in [0.25, 0.3) is 0 Å². The molecule has 6 heteroatoms. The summed E-state index contributed by atoms with van der Waals surface area (Å²) in [5.41, 5.74) is 0.377. The normalized spacial score (nSPS) is 12.8. The predicted octanol–water partition coefficient (Wildman–Crippen LogP) is 5.22. The summed E-state index contributed by atoms with van der Waals surface area (Å²) in [6.45, 7) is 5.14. The van der Waals surface area contributed by atoms with Crippen LogP contribution >= 0.6 is 0 Å². The fourth-order valence-electron chi connectivity index (χ4n) is 2.75. The minimum absolute atomic E-state index is 0.0963. The van der Waals surface area contributed by atoms with Crippen molar-refractivity contribution in [3.8, 4) is 11.5 Å². The molecular weight excluding hydrogens is 345 g/mol. The summed E-state index contributed by atoms with van der Waals surface area (Å²) in [4.78, 5) is 12.2. The van der Waals surface area contributed by atoms with Gasteiger partial charge < -0.3 is 9.47 Å². The molecule has 1 unspecified atom stereocenters. The topological polar surface area (TPSA) is 35.5 Å². The summed E-state index contributed by atoms with van der Waals surface area (Å²) < 4.78 is 49.3. The Hall–Kier alpha value is -2.50. The molecule has 0 aliphatic carbocycles. The number of Topliss-reactive ketones (excluding diaryl/α,β-unsaturated/α-hetero) is 1. The lowest BCUT2D eigenvalue weighted by Crippen LogP contribution is -2.13. The summed E-state index contributed by atoms with van der Waals surface area (Å²) in [6, 6.07) is 9.75. The number of ether oxygens (including phenoxy) is 2. The first-order chi connectivity index (χ1) is 12.1. The van der Waals surface area contributed by atoms with E-state index in [9.17, 15) is 18.0 Å². The molecule has 0 radical (unpaired) electrons. The fourth-order valence-corrected chi connectivity index (χ4v) is 2.75. The lowest BCUT2D eigenvalue weighted by Gasteiger charge is -2.19. The number of halogens is 3. The van der Waals surface area contributed by atoms with Gasteiger partial charge in [-0.05, 0) is 56.2 Å². The van der Waals surface area contributed by atoms with E-state index in [0.717, 1.165) is 12.1 Å². The largest absolute Gasteiger partial charge is 0.493 e. The van der Waals surface area contributed by atoms with Gasteiger partial charge in [0.15, 0.2) is 11.5 Å². The van der Waals surface area contributed by atoms with E-state index in [1.807, 2.05) is 13.8 Å². The van der Waals surface area contributed by atoms with E-state index in [4.69, 9.17) is 9.47 Å². The van der Waals surface area contributed by atoms with Gasteiger partial charge in [0.05, 0.1) is 24.7 Å². The standard InChI is InChI=1S/C20H21F3O3/c1-12(2)26-18-11-15(7-10-17(18)25-4)19(13(3)24)14-5-8-16(9-6-14)20(21,22)23/h5-12,19H,1-4H3. The molecule has 26 heavy (non-hydrogen) atoms. The number of benzene rings is 2. The maximum absolute atomic E-state index is 12.8. The monoisotopic (exact) mass is 366 g/mol. The van der Waals surface area contributed by atoms with Gasteiger partial charge in [-0.25, -0.2) is 0 Å². The van der Waals surface area contributed by atoms with Gasteiger partial charge >= 0.3 is 6.18 Å². The van der Waals surface area contributed by atoms with Crippen LogP contribution in [-0.4, -0.2) is 19.0 Å². The lowest BCUT2D eigenvalue weighted by molar-refractivity contribution is -0.137. The maximum Gasteiger partial charge on any atom is 0.416 e. The van der Waals surface area contributed by atoms with Crippen molar-refractivity contribution < 1.29 is 27.4 Å². The van der Waals surface area contributed by atoms with Crippen molar-refractivity contribution >= 4 is 5.78 Å². The molecule has 3 nitrogen and oxygen atoms in total. The summed E-state index contributed by atoms with van der Waals surface area (Å²) in [5.74, 6) is 0.151. The molecule has 0 heterocycles. The van der Waals surface area contributed by atoms with Crippen LogP contribution < -0.4 is 9.47 Å². The van der Waals surface area contributed by atoms with Crippen molar-refractivity contribution in [3.05, 3.63) is 59.2 Å². The number of hydrogen-bond acceptors (Lipinski definition) is 3. The van der Waals surface area contributed by atoms with Gasteiger partial charge in [0.1, 0.15) is 5.78 Å². The van der Waals surface area contributed by atoms with Crippen molar-refractivity contribution in [1.82, 2.24) is 0 Å². The van der Waals surface area contributed by atoms with Gasteiger partial charge in [-0.15, -0.1) is 0 Å². The number of rotatable bonds is 6. The first kappa shape index (κ1) is 19.8. The minimum atomic E-state index is -4.41. The third-order valence-electron chi connectivity index (χ3n) is 3.86. The fraction of sp³-hybridized carbons (Fsp3) is 0.350. The Bertz CT molecular complexity index is 765. The number of carbonyl (C=O) groups is 1. The van der Waals surface area contributed by atoms with Gasteiger partial charge in [-0.3, -0.25) is 4.79 Å². The van der Waals surface area contributed by atoms with E-state index >= 15 is 0 Å². The Kier molecular flexibility index (Phi) is 5.95. The molecule has 0 saturated carbocycles. The molecule has 0 aliphatic rings. The first-order valence-electron chi connectivity index (χ1n) is 8.15. The molecule has 0 bridgehead atoms. The number of hydrogen-bond donors (Lipinski definition) is 0. The van der Waals surface area contributed by atoms with Crippen LogP contribution in [0.2, 0.25) is 0 Å². The minimum Gasteiger partial charge on any atom is -0.493 e. The van der Waals surface area contributed by atoms with Crippen LogP contribution in [0, 0.1) is 0 Å². The van der Waals surface area contributed by atoms with Crippen LogP contribution in [0.3, 0.4) is 0 Å². The molecule has 1 atom stereocenters. The highest BCUT2D eigenvalue weighted by Gasteiger charge is 2.31. The van der Waals surface area contributed by atoms with Crippen LogP contribution in [0.15, 0.2) is 42.5 Å². The van der Waals surface area contributed by atoms with Crippen molar-refractivity contribution in [3.63, 3.8) is 0 Å². The van der Waals surface area contributed by atoms with Gasteiger partial charge in [0, 0.05) is 0 Å². The van der Waals surface area contributed by atoms with Crippen molar-refractivity contribution in [2.24, 2.45) is 0 Å². The molecule has 0 N–H and O–H groups in total. The quantitative estimate of drug-likeness (QED) is 0.703. The van der Waals surface area contributed by atoms with Gasteiger partial charge in [-0.1, -0.05) is 18.2 Å². The molecule has 0 aromatic heterocycles. The predicted molar refractivity (Wildman–Crippen MR) is 92.7 cm³/mol. The van der Waals surface area contributed by atoms with Crippen molar-refractivity contribution in [2.45, 2.75) is 39.0 Å². The molecular formula is C20H21F3O3. The summed E-state index contributed by atoms with van der Waals surface area (Å²) in [6.07, 6.45) is -4.51. The third-order valence-corrected chi connectivity index (χ3v) is 3.86. The smallest absolute Gasteiger partial charge is 0.416 e.